The molecule has 0 atom stereocenters. The van der Waals surface area contributed by atoms with E-state index in [9.17, 15) is 0 Å². The largest absolute Gasteiger partial charge is 0.457 e. The number of ether oxygens (including phenoxy) is 1. The van der Waals surface area contributed by atoms with Crippen molar-refractivity contribution in [1.29, 1.82) is 0 Å². The zero-order chi connectivity index (χ0) is 19.8. The van der Waals surface area contributed by atoms with Gasteiger partial charge in [-0.1, -0.05) is 24.3 Å². The van der Waals surface area contributed by atoms with Crippen LogP contribution >= 0.6 is 44.3 Å². The van der Waals surface area contributed by atoms with Crippen molar-refractivity contribution in [3.05, 3.63) is 58.7 Å². The van der Waals surface area contributed by atoms with Crippen LogP contribution in [0.1, 0.15) is 35.1 Å². The first-order chi connectivity index (χ1) is 12.9. The molecule has 0 aliphatic rings. The molecule has 0 bridgehead atoms. The van der Waals surface area contributed by atoms with E-state index in [1.54, 1.807) is 0 Å². The van der Waals surface area contributed by atoms with E-state index in [2.05, 4.69) is 26.0 Å². The maximum atomic E-state index is 6.40. The lowest BCUT2D eigenvalue weighted by atomic mass is 10.0. The third kappa shape index (κ3) is 7.64. The van der Waals surface area contributed by atoms with Crippen molar-refractivity contribution < 1.29 is 4.74 Å². The molecule has 2 aromatic rings. The van der Waals surface area contributed by atoms with Crippen LogP contribution in [-0.2, 0) is 12.8 Å². The van der Waals surface area contributed by atoms with E-state index >= 15 is 0 Å². The van der Waals surface area contributed by atoms with Crippen LogP contribution in [0.15, 0.2) is 36.4 Å². The summed E-state index contributed by atoms with van der Waals surface area (Å²) >= 11 is 23.9. The highest BCUT2D eigenvalue weighted by Crippen LogP contribution is 2.33. The quantitative estimate of drug-likeness (QED) is 0.249. The lowest BCUT2D eigenvalue weighted by Crippen LogP contribution is -2.01. The van der Waals surface area contributed by atoms with E-state index in [1.165, 1.54) is 22.3 Å². The van der Waals surface area contributed by atoms with Crippen molar-refractivity contribution in [2.24, 2.45) is 0 Å². The number of hydrogen-bond donors (Lipinski definition) is 0. The van der Waals surface area contributed by atoms with Gasteiger partial charge >= 0.3 is 0 Å². The second-order valence-corrected chi connectivity index (χ2v) is 15.6. The summed E-state index contributed by atoms with van der Waals surface area (Å²) in [6.07, 6.45) is 3.78. The lowest BCUT2D eigenvalue weighted by molar-refractivity contribution is 0.468. The summed E-state index contributed by atoms with van der Waals surface area (Å²) in [5, 5.41) is 0. The van der Waals surface area contributed by atoms with Crippen molar-refractivity contribution in [3.8, 4) is 11.5 Å². The smallest absolute Gasteiger partial charge is 0.273 e. The summed E-state index contributed by atoms with van der Waals surface area (Å²) in [6.45, 7) is 4.24. The maximum Gasteiger partial charge on any atom is 0.273 e. The SMILES string of the molecule is Cc1cccc(Oc2cccc(C)c2CCC[Si](Cl)Cl)c1CCC[Si](Cl)Cl. The van der Waals surface area contributed by atoms with Crippen molar-refractivity contribution >= 4 is 59.1 Å². The van der Waals surface area contributed by atoms with Crippen molar-refractivity contribution in [3.63, 3.8) is 0 Å². The fraction of sp³-hybridized carbons (Fsp3) is 0.400. The van der Waals surface area contributed by atoms with Gasteiger partial charge in [0.1, 0.15) is 11.5 Å². The van der Waals surface area contributed by atoms with E-state index in [1.807, 2.05) is 24.3 Å². The van der Waals surface area contributed by atoms with Crippen LogP contribution in [0.4, 0.5) is 0 Å². The third-order valence-electron chi connectivity index (χ3n) is 4.54. The summed E-state index contributed by atoms with van der Waals surface area (Å²) in [7, 11) is -2.47. The minimum Gasteiger partial charge on any atom is -0.457 e. The molecule has 0 N–H and O–H groups in total. The van der Waals surface area contributed by atoms with Crippen molar-refractivity contribution in [1.82, 2.24) is 0 Å². The first-order valence-corrected chi connectivity index (χ1v) is 16.5. The van der Waals surface area contributed by atoms with Gasteiger partial charge < -0.3 is 4.74 Å². The molecule has 0 aromatic heterocycles. The number of benzene rings is 2. The summed E-state index contributed by atoms with van der Waals surface area (Å²) < 4.78 is 6.40. The van der Waals surface area contributed by atoms with Crippen LogP contribution in [0.2, 0.25) is 12.1 Å². The van der Waals surface area contributed by atoms with Gasteiger partial charge in [-0.3, -0.25) is 0 Å². The Morgan fingerprint density at radius 1 is 0.704 bits per heavy atom. The Balaban J connectivity index is 2.21. The topological polar surface area (TPSA) is 9.23 Å². The summed E-state index contributed by atoms with van der Waals surface area (Å²) in [5.41, 5.74) is 4.93. The van der Waals surface area contributed by atoms with Gasteiger partial charge in [-0.05, 0) is 86.0 Å². The Labute approximate surface area is 185 Å². The van der Waals surface area contributed by atoms with Crippen LogP contribution in [0.3, 0.4) is 0 Å². The molecule has 2 rings (SSSR count). The number of hydrogen-bond acceptors (Lipinski definition) is 1. The van der Waals surface area contributed by atoms with E-state index in [4.69, 9.17) is 49.1 Å². The Morgan fingerprint density at radius 3 is 1.48 bits per heavy atom. The average molecular weight is 478 g/mol. The van der Waals surface area contributed by atoms with Crippen LogP contribution in [0.25, 0.3) is 0 Å². The molecule has 0 saturated carbocycles. The fourth-order valence-electron chi connectivity index (χ4n) is 3.10. The maximum absolute atomic E-state index is 6.40. The van der Waals surface area contributed by atoms with Crippen LogP contribution in [-0.4, -0.2) is 14.8 Å². The van der Waals surface area contributed by atoms with Gasteiger partial charge in [0.25, 0.3) is 14.8 Å². The van der Waals surface area contributed by atoms with Gasteiger partial charge in [-0.25, -0.2) is 0 Å². The molecule has 27 heavy (non-hydrogen) atoms. The first-order valence-electron chi connectivity index (χ1n) is 9.07. The number of rotatable bonds is 10. The van der Waals surface area contributed by atoms with Crippen molar-refractivity contribution in [2.75, 3.05) is 0 Å². The molecule has 0 unspecified atom stereocenters. The molecule has 2 radical (unpaired) electrons. The molecule has 0 spiro atoms. The minimum atomic E-state index is -1.23. The highest BCUT2D eigenvalue weighted by molar-refractivity contribution is 7.34. The second-order valence-electron chi connectivity index (χ2n) is 6.59. The molecule has 146 valence electrons. The zero-order valence-electron chi connectivity index (χ0n) is 15.6. The molecule has 0 fully saturated rings. The van der Waals surface area contributed by atoms with Gasteiger partial charge in [0, 0.05) is 0 Å². The summed E-state index contributed by atoms with van der Waals surface area (Å²) in [6, 6.07) is 14.2. The van der Waals surface area contributed by atoms with Crippen LogP contribution in [0, 0.1) is 13.8 Å². The van der Waals surface area contributed by atoms with E-state index in [0.717, 1.165) is 49.3 Å². The minimum absolute atomic E-state index is 0.873. The molecule has 0 heterocycles. The average Bonchev–Trinajstić information content (AvgIpc) is 2.59. The molecule has 1 nitrogen and oxygen atoms in total. The van der Waals surface area contributed by atoms with Crippen LogP contribution < -0.4 is 4.74 Å². The zero-order valence-corrected chi connectivity index (χ0v) is 20.7. The summed E-state index contributed by atoms with van der Waals surface area (Å²) in [5.74, 6) is 1.83. The van der Waals surface area contributed by atoms with Crippen LogP contribution in [0.5, 0.6) is 11.5 Å². The Kier molecular flexibility index (Phi) is 10.1. The molecule has 2 aromatic carbocycles. The monoisotopic (exact) mass is 476 g/mol. The molecular formula is C20H24Cl4OSi2. The summed E-state index contributed by atoms with van der Waals surface area (Å²) in [4.78, 5) is 0. The fourth-order valence-corrected chi connectivity index (χ4v) is 5.59. The van der Waals surface area contributed by atoms with Gasteiger partial charge in [0.05, 0.1) is 0 Å². The molecule has 0 aliphatic carbocycles. The van der Waals surface area contributed by atoms with Gasteiger partial charge in [0.2, 0.25) is 0 Å². The predicted octanol–water partition coefficient (Wildman–Crippen LogP) is 7.89. The normalized spacial score (nSPS) is 11.4. The highest BCUT2D eigenvalue weighted by atomic mass is 35.7. The molecule has 0 saturated heterocycles. The lowest BCUT2D eigenvalue weighted by Gasteiger charge is -2.17. The third-order valence-corrected chi connectivity index (χ3v) is 8.27. The molecule has 7 heteroatoms. The molecule has 0 aliphatic heterocycles. The highest BCUT2D eigenvalue weighted by Gasteiger charge is 2.14. The predicted molar refractivity (Wildman–Crippen MR) is 124 cm³/mol. The Morgan fingerprint density at radius 2 is 1.11 bits per heavy atom. The molecule has 0 amide bonds. The number of halogens is 4. The Bertz CT molecular complexity index is 676. The molecular weight excluding hydrogens is 454 g/mol. The first kappa shape index (κ1) is 23.1. The van der Waals surface area contributed by atoms with E-state index in [-0.39, 0.29) is 0 Å². The van der Waals surface area contributed by atoms with Crippen molar-refractivity contribution in [2.45, 2.75) is 51.6 Å². The van der Waals surface area contributed by atoms with E-state index < -0.39 is 14.8 Å². The van der Waals surface area contributed by atoms with Gasteiger partial charge in [-0.15, -0.1) is 44.3 Å². The second kappa shape index (κ2) is 11.7. The standard InChI is InChI=1S/C20H24Cl4OSi2/c1-15-7-3-11-19(17(15)9-5-13-26(21)22)25-20-12-4-8-16(2)18(20)10-6-14-27(23)24/h3-4,7-8,11-12H,5-6,9-10,13-14H2,1-2H3. The Hall–Kier alpha value is -0.166. The number of aryl methyl sites for hydroxylation is 2. The van der Waals surface area contributed by atoms with E-state index in [0.29, 0.717) is 0 Å². The van der Waals surface area contributed by atoms with Gasteiger partial charge in [-0.2, -0.15) is 0 Å². The van der Waals surface area contributed by atoms with Gasteiger partial charge in [0.15, 0.2) is 0 Å².